The van der Waals surface area contributed by atoms with E-state index in [9.17, 15) is 4.79 Å². The molecule has 1 spiro atoms. The van der Waals surface area contributed by atoms with Crippen molar-refractivity contribution in [1.29, 1.82) is 0 Å². The molecule has 3 heteroatoms. The topological polar surface area (TPSA) is 32.3 Å². The molecule has 1 N–H and O–H groups in total. The van der Waals surface area contributed by atoms with Gasteiger partial charge in [0.25, 0.3) is 0 Å². The van der Waals surface area contributed by atoms with Crippen molar-refractivity contribution in [1.82, 2.24) is 10.2 Å². The molecule has 1 aliphatic carbocycles. The molecule has 0 bridgehead atoms. The lowest BCUT2D eigenvalue weighted by Crippen LogP contribution is -2.31. The summed E-state index contributed by atoms with van der Waals surface area (Å²) in [5.41, 5.74) is 0.389. The predicted octanol–water partition coefficient (Wildman–Crippen LogP) is 0.608. The number of rotatable bonds is 1. The quantitative estimate of drug-likeness (QED) is 0.663. The Morgan fingerprint density at radius 3 is 2.79 bits per heavy atom. The van der Waals surface area contributed by atoms with Gasteiger partial charge in [-0.1, -0.05) is 0 Å². The van der Waals surface area contributed by atoms with Crippen molar-refractivity contribution in [3.63, 3.8) is 0 Å². The van der Waals surface area contributed by atoms with Gasteiger partial charge in [-0.2, -0.15) is 0 Å². The molecule has 1 saturated carbocycles. The first-order valence-electron chi connectivity index (χ1n) is 5.81. The molecule has 0 aromatic heterocycles. The summed E-state index contributed by atoms with van der Waals surface area (Å²) in [6, 6.07) is 0. The molecular weight excluding hydrogens is 176 g/mol. The van der Waals surface area contributed by atoms with Gasteiger partial charge in [0.15, 0.2) is 0 Å². The second kappa shape index (κ2) is 2.96. The lowest BCUT2D eigenvalue weighted by atomic mass is 10.0. The number of amides is 1. The molecule has 2 atom stereocenters. The summed E-state index contributed by atoms with van der Waals surface area (Å²) in [7, 11) is 0. The zero-order valence-corrected chi connectivity index (χ0v) is 8.59. The van der Waals surface area contributed by atoms with Gasteiger partial charge >= 0.3 is 0 Å². The third-order valence-corrected chi connectivity index (χ3v) is 4.18. The average Bonchev–Trinajstić information content (AvgIpc) is 2.62. The summed E-state index contributed by atoms with van der Waals surface area (Å²) in [6.45, 7) is 4.22. The maximum absolute atomic E-state index is 12.1. The summed E-state index contributed by atoms with van der Waals surface area (Å²) < 4.78 is 0. The van der Waals surface area contributed by atoms with E-state index in [0.29, 0.717) is 17.2 Å². The molecule has 2 saturated heterocycles. The van der Waals surface area contributed by atoms with Crippen molar-refractivity contribution in [2.75, 3.05) is 26.2 Å². The zero-order chi connectivity index (χ0) is 9.60. The SMILES string of the molecule is O=C([C@H]1C[C@@]12CCNC2)N1CCCC1. The van der Waals surface area contributed by atoms with E-state index in [4.69, 9.17) is 0 Å². The summed E-state index contributed by atoms with van der Waals surface area (Å²) >= 11 is 0. The largest absolute Gasteiger partial charge is 0.342 e. The van der Waals surface area contributed by atoms with Crippen LogP contribution in [0.2, 0.25) is 0 Å². The van der Waals surface area contributed by atoms with Crippen molar-refractivity contribution in [2.45, 2.75) is 25.7 Å². The number of nitrogens with one attached hydrogen (secondary N) is 1. The fourth-order valence-electron chi connectivity index (χ4n) is 3.09. The Kier molecular flexibility index (Phi) is 1.84. The van der Waals surface area contributed by atoms with Crippen LogP contribution in [0, 0.1) is 11.3 Å². The Hall–Kier alpha value is -0.570. The van der Waals surface area contributed by atoms with Crippen LogP contribution in [0.4, 0.5) is 0 Å². The smallest absolute Gasteiger partial charge is 0.226 e. The standard InChI is InChI=1S/C11H18N2O/c14-10(13-5-1-2-6-13)9-7-11(9)3-4-12-8-11/h9,12H,1-8H2/t9-,11-/m1/s1. The molecule has 2 aliphatic heterocycles. The molecule has 2 heterocycles. The van der Waals surface area contributed by atoms with E-state index < -0.39 is 0 Å². The first-order valence-corrected chi connectivity index (χ1v) is 5.81. The van der Waals surface area contributed by atoms with E-state index in [2.05, 4.69) is 10.2 Å². The third kappa shape index (κ3) is 1.18. The highest BCUT2D eigenvalue weighted by Crippen LogP contribution is 2.57. The van der Waals surface area contributed by atoms with Gasteiger partial charge < -0.3 is 10.2 Å². The van der Waals surface area contributed by atoms with Crippen LogP contribution in [0.1, 0.15) is 25.7 Å². The van der Waals surface area contributed by atoms with Gasteiger partial charge in [-0.05, 0) is 37.6 Å². The van der Waals surface area contributed by atoms with Crippen molar-refractivity contribution < 1.29 is 4.79 Å². The normalized spacial score (nSPS) is 40.9. The number of likely N-dealkylation sites (tertiary alicyclic amines) is 1. The molecule has 3 aliphatic rings. The van der Waals surface area contributed by atoms with Gasteiger partial charge in [0.1, 0.15) is 0 Å². The molecule has 0 aromatic carbocycles. The van der Waals surface area contributed by atoms with Crippen molar-refractivity contribution >= 4 is 5.91 Å². The second-order valence-corrected chi connectivity index (χ2v) is 5.08. The molecule has 3 fully saturated rings. The highest BCUT2D eigenvalue weighted by Gasteiger charge is 2.59. The highest BCUT2D eigenvalue weighted by molar-refractivity contribution is 5.83. The maximum Gasteiger partial charge on any atom is 0.226 e. The monoisotopic (exact) mass is 194 g/mol. The Bertz CT molecular complexity index is 252. The fraction of sp³-hybridized carbons (Fsp3) is 0.909. The maximum atomic E-state index is 12.1. The van der Waals surface area contributed by atoms with Crippen LogP contribution in [-0.4, -0.2) is 37.0 Å². The third-order valence-electron chi connectivity index (χ3n) is 4.18. The zero-order valence-electron chi connectivity index (χ0n) is 8.59. The minimum Gasteiger partial charge on any atom is -0.342 e. The molecular formula is C11H18N2O. The van der Waals surface area contributed by atoms with E-state index in [0.717, 1.165) is 32.6 Å². The number of hydrogen-bond acceptors (Lipinski definition) is 2. The van der Waals surface area contributed by atoms with Crippen LogP contribution >= 0.6 is 0 Å². The molecule has 1 amide bonds. The number of nitrogens with zero attached hydrogens (tertiary/aromatic N) is 1. The van der Waals surface area contributed by atoms with E-state index in [-0.39, 0.29) is 0 Å². The average molecular weight is 194 g/mol. The van der Waals surface area contributed by atoms with Gasteiger partial charge in [-0.25, -0.2) is 0 Å². The molecule has 3 rings (SSSR count). The van der Waals surface area contributed by atoms with Gasteiger partial charge in [-0.3, -0.25) is 4.79 Å². The summed E-state index contributed by atoms with van der Waals surface area (Å²) in [5, 5.41) is 3.38. The molecule has 3 nitrogen and oxygen atoms in total. The van der Waals surface area contributed by atoms with Gasteiger partial charge in [0.2, 0.25) is 5.91 Å². The lowest BCUT2D eigenvalue weighted by Gasteiger charge is -2.16. The molecule has 0 radical (unpaired) electrons. The lowest BCUT2D eigenvalue weighted by molar-refractivity contribution is -0.132. The second-order valence-electron chi connectivity index (χ2n) is 5.08. The summed E-state index contributed by atoms with van der Waals surface area (Å²) in [6.07, 6.45) is 4.79. The van der Waals surface area contributed by atoms with E-state index >= 15 is 0 Å². The van der Waals surface area contributed by atoms with E-state index in [1.807, 2.05) is 0 Å². The number of carbonyl (C=O) groups excluding carboxylic acids is 1. The Morgan fingerprint density at radius 1 is 1.36 bits per heavy atom. The number of hydrogen-bond donors (Lipinski definition) is 1. The van der Waals surface area contributed by atoms with Crippen LogP contribution in [0.3, 0.4) is 0 Å². The molecule has 0 aromatic rings. The Labute approximate surface area is 84.8 Å². The first kappa shape index (κ1) is 8.72. The molecule has 14 heavy (non-hydrogen) atoms. The first-order chi connectivity index (χ1) is 6.82. The Morgan fingerprint density at radius 2 is 2.14 bits per heavy atom. The minimum absolute atomic E-state index is 0.371. The molecule has 0 unspecified atom stereocenters. The predicted molar refractivity (Wildman–Crippen MR) is 53.8 cm³/mol. The molecule has 78 valence electrons. The summed E-state index contributed by atoms with van der Waals surface area (Å²) in [4.78, 5) is 14.1. The van der Waals surface area contributed by atoms with Crippen molar-refractivity contribution in [3.05, 3.63) is 0 Å². The van der Waals surface area contributed by atoms with Crippen molar-refractivity contribution in [2.24, 2.45) is 11.3 Å². The van der Waals surface area contributed by atoms with Gasteiger partial charge in [-0.15, -0.1) is 0 Å². The van der Waals surface area contributed by atoms with Crippen LogP contribution in [-0.2, 0) is 4.79 Å². The summed E-state index contributed by atoms with van der Waals surface area (Å²) in [5.74, 6) is 0.821. The van der Waals surface area contributed by atoms with E-state index in [1.165, 1.54) is 19.3 Å². The Balaban J connectivity index is 1.64. The fourth-order valence-corrected chi connectivity index (χ4v) is 3.09. The van der Waals surface area contributed by atoms with Crippen LogP contribution in [0.25, 0.3) is 0 Å². The van der Waals surface area contributed by atoms with Gasteiger partial charge in [0, 0.05) is 25.6 Å². The van der Waals surface area contributed by atoms with Gasteiger partial charge in [0.05, 0.1) is 0 Å². The number of carbonyl (C=O) groups is 1. The van der Waals surface area contributed by atoms with Crippen LogP contribution in [0.5, 0.6) is 0 Å². The van der Waals surface area contributed by atoms with E-state index in [1.54, 1.807) is 0 Å². The van der Waals surface area contributed by atoms with Crippen molar-refractivity contribution in [3.8, 4) is 0 Å². The minimum atomic E-state index is 0.371. The highest BCUT2D eigenvalue weighted by atomic mass is 16.2. The van der Waals surface area contributed by atoms with Crippen LogP contribution < -0.4 is 5.32 Å². The van der Waals surface area contributed by atoms with Crippen LogP contribution in [0.15, 0.2) is 0 Å².